The van der Waals surface area contributed by atoms with Gasteiger partial charge in [-0.15, -0.1) is 0 Å². The van der Waals surface area contributed by atoms with Crippen LogP contribution in [0.5, 0.6) is 17.2 Å². The lowest BCUT2D eigenvalue weighted by Crippen LogP contribution is -2.29. The van der Waals surface area contributed by atoms with Crippen LogP contribution in [-0.2, 0) is 0 Å². The van der Waals surface area contributed by atoms with Crippen molar-refractivity contribution in [3.05, 3.63) is 47.8 Å². The maximum Gasteiger partial charge on any atom is 0.231 e. The highest BCUT2D eigenvalue weighted by atomic mass is 32.2. The van der Waals surface area contributed by atoms with E-state index in [1.165, 1.54) is 0 Å². The monoisotopic (exact) mass is 383 g/mol. The Morgan fingerprint density at radius 2 is 2.11 bits per heavy atom. The number of hydrogen-bond donors (Lipinski definition) is 0. The van der Waals surface area contributed by atoms with Crippen LogP contribution >= 0.6 is 11.8 Å². The van der Waals surface area contributed by atoms with Gasteiger partial charge in [0, 0.05) is 29.6 Å². The molecule has 0 N–H and O–H groups in total. The smallest absolute Gasteiger partial charge is 0.231 e. The molecule has 0 aliphatic carbocycles. The van der Waals surface area contributed by atoms with Crippen molar-refractivity contribution in [1.82, 2.24) is 9.88 Å². The van der Waals surface area contributed by atoms with E-state index < -0.39 is 0 Å². The van der Waals surface area contributed by atoms with Crippen molar-refractivity contribution >= 4 is 16.9 Å². The van der Waals surface area contributed by atoms with E-state index in [0.29, 0.717) is 11.9 Å². The second-order valence-electron chi connectivity index (χ2n) is 6.81. The molecule has 1 aromatic heterocycles. The Bertz CT molecular complexity index is 890. The Labute approximate surface area is 162 Å². The molecule has 3 aliphatic heterocycles. The summed E-state index contributed by atoms with van der Waals surface area (Å²) in [6.07, 6.45) is 1.83. The second kappa shape index (κ2) is 6.64. The van der Waals surface area contributed by atoms with Crippen molar-refractivity contribution in [1.29, 1.82) is 0 Å². The molecule has 0 bridgehead atoms. The molecule has 2 aromatic rings. The Hall–Kier alpha value is -2.41. The van der Waals surface area contributed by atoms with E-state index in [2.05, 4.69) is 22.9 Å². The summed E-state index contributed by atoms with van der Waals surface area (Å²) in [6.45, 7) is 6.03. The molecule has 3 atom stereocenters. The van der Waals surface area contributed by atoms with Gasteiger partial charge in [0.1, 0.15) is 11.8 Å². The molecule has 1 aromatic carbocycles. The van der Waals surface area contributed by atoms with Crippen LogP contribution in [0, 0.1) is 0 Å². The molecule has 140 valence electrons. The highest BCUT2D eigenvalue weighted by molar-refractivity contribution is 8.14. The van der Waals surface area contributed by atoms with Gasteiger partial charge in [0.15, 0.2) is 16.7 Å². The third-order valence-corrected chi connectivity index (χ3v) is 6.11. The zero-order chi connectivity index (χ0) is 18.4. The lowest BCUT2D eigenvalue weighted by molar-refractivity contribution is 0.173. The Balaban J connectivity index is 1.63. The molecular weight excluding hydrogens is 362 g/mol. The zero-order valence-corrected chi connectivity index (χ0v) is 16.1. The van der Waals surface area contributed by atoms with E-state index in [0.717, 1.165) is 40.2 Å². The number of rotatable bonds is 4. The van der Waals surface area contributed by atoms with Gasteiger partial charge in [-0.2, -0.15) is 0 Å². The normalized spacial score (nSPS) is 25.5. The summed E-state index contributed by atoms with van der Waals surface area (Å²) >= 11 is 1.83. The number of amidine groups is 1. The van der Waals surface area contributed by atoms with Gasteiger partial charge in [-0.05, 0) is 25.1 Å². The number of fused-ring (bicyclic) bond motifs is 2. The summed E-state index contributed by atoms with van der Waals surface area (Å²) in [5, 5.41) is 1.60. The quantitative estimate of drug-likeness (QED) is 0.801. The molecule has 6 nitrogen and oxygen atoms in total. The Kier molecular flexibility index (Phi) is 4.11. The summed E-state index contributed by atoms with van der Waals surface area (Å²) in [4.78, 5) is 12.0. The number of pyridine rings is 1. The van der Waals surface area contributed by atoms with Crippen molar-refractivity contribution in [2.24, 2.45) is 4.99 Å². The van der Waals surface area contributed by atoms with Gasteiger partial charge >= 0.3 is 0 Å². The fourth-order valence-corrected chi connectivity index (χ4v) is 5.00. The maximum atomic E-state index is 5.99. The number of benzene rings is 1. The first-order chi connectivity index (χ1) is 13.2. The fraction of sp³-hybridized carbons (Fsp3) is 0.400. The number of aliphatic imine (C=N–C) groups is 1. The standard InChI is InChI=1S/C20H21N3O3S/c1-3-24-15-9-17-16(25-11-26-17)8-13(15)19-18(14-6-4-5-7-21-14)22-20-23(19)10-12(2)27-20/h4-9,12,18-19H,3,10-11H2,1-2H3/t12-,18+,19+/m0/s1. The van der Waals surface area contributed by atoms with Crippen LogP contribution < -0.4 is 14.2 Å². The summed E-state index contributed by atoms with van der Waals surface area (Å²) in [6, 6.07) is 9.96. The van der Waals surface area contributed by atoms with E-state index in [-0.39, 0.29) is 18.9 Å². The average Bonchev–Trinajstić information content (AvgIpc) is 3.35. The second-order valence-corrected chi connectivity index (χ2v) is 8.22. The van der Waals surface area contributed by atoms with E-state index in [4.69, 9.17) is 19.2 Å². The minimum absolute atomic E-state index is 0.0309. The third-order valence-electron chi connectivity index (χ3n) is 5.00. The number of aromatic nitrogens is 1. The molecule has 3 aliphatic rings. The molecule has 1 saturated heterocycles. The van der Waals surface area contributed by atoms with Crippen LogP contribution in [-0.4, -0.2) is 40.2 Å². The first-order valence-electron chi connectivity index (χ1n) is 9.23. The Morgan fingerprint density at radius 3 is 2.89 bits per heavy atom. The maximum absolute atomic E-state index is 5.99. The number of hydrogen-bond acceptors (Lipinski definition) is 7. The topological polar surface area (TPSA) is 56.2 Å². The number of nitrogens with zero attached hydrogens (tertiary/aromatic N) is 3. The molecule has 0 unspecified atom stereocenters. The van der Waals surface area contributed by atoms with Crippen molar-refractivity contribution < 1.29 is 14.2 Å². The van der Waals surface area contributed by atoms with Crippen molar-refractivity contribution in [3.8, 4) is 17.2 Å². The minimum Gasteiger partial charge on any atom is -0.493 e. The van der Waals surface area contributed by atoms with Crippen LogP contribution in [0.1, 0.15) is 37.2 Å². The molecule has 0 spiro atoms. The van der Waals surface area contributed by atoms with Crippen molar-refractivity contribution in [2.45, 2.75) is 31.2 Å². The van der Waals surface area contributed by atoms with Crippen LogP contribution in [0.2, 0.25) is 0 Å². The SMILES string of the molecule is CCOc1cc2c(cc1[C@@H]1[C@@H](c3ccccn3)N=C3S[C@@H](C)CN31)OCO2. The highest BCUT2D eigenvalue weighted by Crippen LogP contribution is 2.51. The molecule has 7 heteroatoms. The van der Waals surface area contributed by atoms with Crippen molar-refractivity contribution in [2.75, 3.05) is 19.9 Å². The first kappa shape index (κ1) is 16.7. The fourth-order valence-electron chi connectivity index (χ4n) is 3.90. The molecule has 4 heterocycles. The predicted molar refractivity (Wildman–Crippen MR) is 105 cm³/mol. The zero-order valence-electron chi connectivity index (χ0n) is 15.3. The summed E-state index contributed by atoms with van der Waals surface area (Å²) in [5.41, 5.74) is 2.04. The van der Waals surface area contributed by atoms with E-state index in [1.54, 1.807) is 0 Å². The molecule has 1 fully saturated rings. The third kappa shape index (κ3) is 2.81. The highest BCUT2D eigenvalue weighted by Gasteiger charge is 2.45. The van der Waals surface area contributed by atoms with E-state index in [9.17, 15) is 0 Å². The van der Waals surface area contributed by atoms with Crippen molar-refractivity contribution in [3.63, 3.8) is 0 Å². The minimum atomic E-state index is -0.0687. The molecular formula is C20H21N3O3S. The van der Waals surface area contributed by atoms with Gasteiger partial charge < -0.3 is 19.1 Å². The molecule has 0 amide bonds. The van der Waals surface area contributed by atoms with Gasteiger partial charge in [0.05, 0.1) is 18.3 Å². The summed E-state index contributed by atoms with van der Waals surface area (Å²) in [5.74, 6) is 2.33. The Morgan fingerprint density at radius 1 is 1.26 bits per heavy atom. The largest absolute Gasteiger partial charge is 0.493 e. The van der Waals surface area contributed by atoms with Crippen LogP contribution in [0.3, 0.4) is 0 Å². The van der Waals surface area contributed by atoms with Gasteiger partial charge in [-0.3, -0.25) is 9.98 Å². The number of thioether (sulfide) groups is 1. The average molecular weight is 383 g/mol. The summed E-state index contributed by atoms with van der Waals surface area (Å²) in [7, 11) is 0. The van der Waals surface area contributed by atoms with Crippen LogP contribution in [0.4, 0.5) is 0 Å². The van der Waals surface area contributed by atoms with E-state index >= 15 is 0 Å². The van der Waals surface area contributed by atoms with Gasteiger partial charge in [0.2, 0.25) is 6.79 Å². The van der Waals surface area contributed by atoms with Gasteiger partial charge in [-0.1, -0.05) is 24.8 Å². The number of ether oxygens (including phenoxy) is 3. The first-order valence-corrected chi connectivity index (χ1v) is 10.1. The van der Waals surface area contributed by atoms with Gasteiger partial charge in [-0.25, -0.2) is 0 Å². The van der Waals surface area contributed by atoms with Crippen LogP contribution in [0.15, 0.2) is 41.5 Å². The predicted octanol–water partition coefficient (Wildman–Crippen LogP) is 3.80. The van der Waals surface area contributed by atoms with E-state index in [1.807, 2.05) is 49.1 Å². The lowest BCUT2D eigenvalue weighted by atomic mass is 9.95. The van der Waals surface area contributed by atoms with Gasteiger partial charge in [0.25, 0.3) is 0 Å². The van der Waals surface area contributed by atoms with Crippen LogP contribution in [0.25, 0.3) is 0 Å². The molecule has 0 saturated carbocycles. The molecule has 5 rings (SSSR count). The molecule has 0 radical (unpaired) electrons. The lowest BCUT2D eigenvalue weighted by Gasteiger charge is -2.29. The molecule has 27 heavy (non-hydrogen) atoms. The summed E-state index contributed by atoms with van der Waals surface area (Å²) < 4.78 is 17.2.